The molecule has 0 amide bonds. The van der Waals surface area contributed by atoms with Crippen molar-refractivity contribution in [3.05, 3.63) is 22.2 Å². The summed E-state index contributed by atoms with van der Waals surface area (Å²) in [4.78, 5) is 13.9. The number of hydrogen-bond donors (Lipinski definition) is 1. The number of nitrogen functional groups attached to an aromatic ring is 1. The van der Waals surface area contributed by atoms with Gasteiger partial charge in [0.1, 0.15) is 0 Å². The smallest absolute Gasteiger partial charge is 0.340 e. The molecule has 1 fully saturated rings. The molecule has 110 valence electrons. The maximum absolute atomic E-state index is 11.7. The zero-order valence-electron chi connectivity index (χ0n) is 11.9. The molecule has 0 spiro atoms. The number of ether oxygens (including phenoxy) is 2. The summed E-state index contributed by atoms with van der Waals surface area (Å²) >= 11 is 3.51. The van der Waals surface area contributed by atoms with E-state index in [-0.39, 0.29) is 12.2 Å². The molecule has 1 aliphatic rings. The van der Waals surface area contributed by atoms with Gasteiger partial charge in [-0.05, 0) is 41.9 Å². The van der Waals surface area contributed by atoms with Crippen LogP contribution in [0.2, 0.25) is 0 Å². The SMILES string of the molecule is COC(=O)c1cc(N2C[C@@H](C)O[C@@H](C)C2)c(Br)cc1N. The Morgan fingerprint density at radius 1 is 1.40 bits per heavy atom. The molecule has 0 radical (unpaired) electrons. The van der Waals surface area contributed by atoms with E-state index in [9.17, 15) is 4.79 Å². The van der Waals surface area contributed by atoms with Gasteiger partial charge in [-0.3, -0.25) is 0 Å². The van der Waals surface area contributed by atoms with E-state index in [0.717, 1.165) is 23.2 Å². The van der Waals surface area contributed by atoms with Gasteiger partial charge in [0, 0.05) is 23.2 Å². The van der Waals surface area contributed by atoms with Gasteiger partial charge in [0.15, 0.2) is 0 Å². The van der Waals surface area contributed by atoms with E-state index in [0.29, 0.717) is 11.3 Å². The molecule has 1 heterocycles. The highest BCUT2D eigenvalue weighted by Gasteiger charge is 2.25. The van der Waals surface area contributed by atoms with E-state index in [2.05, 4.69) is 20.8 Å². The van der Waals surface area contributed by atoms with Crippen LogP contribution in [0, 0.1) is 0 Å². The van der Waals surface area contributed by atoms with E-state index >= 15 is 0 Å². The van der Waals surface area contributed by atoms with Crippen LogP contribution in [0.25, 0.3) is 0 Å². The van der Waals surface area contributed by atoms with E-state index in [1.807, 2.05) is 13.8 Å². The number of nitrogens with zero attached hydrogens (tertiary/aromatic N) is 1. The Balaban J connectivity index is 2.38. The first-order valence-corrected chi connectivity index (χ1v) is 7.29. The molecule has 2 rings (SSSR count). The molecular weight excluding hydrogens is 324 g/mol. The van der Waals surface area contributed by atoms with Gasteiger partial charge in [-0.15, -0.1) is 0 Å². The fourth-order valence-electron chi connectivity index (χ4n) is 2.48. The van der Waals surface area contributed by atoms with E-state index in [1.54, 1.807) is 12.1 Å². The molecule has 20 heavy (non-hydrogen) atoms. The summed E-state index contributed by atoms with van der Waals surface area (Å²) in [6, 6.07) is 3.52. The van der Waals surface area contributed by atoms with Crippen molar-refractivity contribution in [2.75, 3.05) is 30.8 Å². The first kappa shape index (κ1) is 15.1. The largest absolute Gasteiger partial charge is 0.465 e. The summed E-state index contributed by atoms with van der Waals surface area (Å²) in [5.74, 6) is -0.425. The molecule has 0 aromatic heterocycles. The average Bonchev–Trinajstić information content (AvgIpc) is 2.36. The van der Waals surface area contributed by atoms with E-state index in [1.165, 1.54) is 7.11 Å². The first-order chi connectivity index (χ1) is 9.42. The molecule has 0 aliphatic carbocycles. The molecule has 1 aromatic carbocycles. The van der Waals surface area contributed by atoms with Crippen molar-refractivity contribution in [2.45, 2.75) is 26.1 Å². The zero-order valence-corrected chi connectivity index (χ0v) is 13.4. The Labute approximate surface area is 127 Å². The molecule has 2 atom stereocenters. The Morgan fingerprint density at radius 2 is 2.00 bits per heavy atom. The Bertz CT molecular complexity index is 511. The number of carbonyl (C=O) groups is 1. The second kappa shape index (κ2) is 6.01. The zero-order chi connectivity index (χ0) is 14.9. The molecule has 0 saturated carbocycles. The van der Waals surface area contributed by atoms with Gasteiger partial charge < -0.3 is 20.1 Å². The molecule has 2 N–H and O–H groups in total. The van der Waals surface area contributed by atoms with Gasteiger partial charge in [0.05, 0.1) is 30.6 Å². The van der Waals surface area contributed by atoms with Crippen molar-refractivity contribution in [2.24, 2.45) is 0 Å². The van der Waals surface area contributed by atoms with Crippen LogP contribution in [-0.2, 0) is 9.47 Å². The van der Waals surface area contributed by atoms with Crippen molar-refractivity contribution < 1.29 is 14.3 Å². The molecule has 0 bridgehead atoms. The predicted octanol–water partition coefficient (Wildman–Crippen LogP) is 2.43. The number of benzene rings is 1. The summed E-state index contributed by atoms with van der Waals surface area (Å²) in [6.45, 7) is 5.62. The van der Waals surface area contributed by atoms with Crippen molar-refractivity contribution in [3.63, 3.8) is 0 Å². The summed E-state index contributed by atoms with van der Waals surface area (Å²) in [5.41, 5.74) is 7.60. The number of anilines is 2. The molecule has 1 aromatic rings. The summed E-state index contributed by atoms with van der Waals surface area (Å²) < 4.78 is 11.4. The second-order valence-electron chi connectivity index (χ2n) is 5.04. The normalized spacial score (nSPS) is 22.7. The molecule has 1 saturated heterocycles. The van der Waals surface area contributed by atoms with Crippen LogP contribution in [0.15, 0.2) is 16.6 Å². The number of methoxy groups -OCH3 is 1. The van der Waals surface area contributed by atoms with Crippen LogP contribution in [0.1, 0.15) is 24.2 Å². The third kappa shape index (κ3) is 3.07. The quantitative estimate of drug-likeness (QED) is 0.660. The number of nitrogens with two attached hydrogens (primary N) is 1. The van der Waals surface area contributed by atoms with Gasteiger partial charge in [0.25, 0.3) is 0 Å². The minimum atomic E-state index is -0.425. The number of morpholine rings is 1. The summed E-state index contributed by atoms with van der Waals surface area (Å²) in [5, 5.41) is 0. The van der Waals surface area contributed by atoms with E-state index in [4.69, 9.17) is 15.2 Å². The number of esters is 1. The van der Waals surface area contributed by atoms with Crippen LogP contribution < -0.4 is 10.6 Å². The third-order valence-corrected chi connectivity index (χ3v) is 3.92. The lowest BCUT2D eigenvalue weighted by Crippen LogP contribution is -2.45. The van der Waals surface area contributed by atoms with Gasteiger partial charge in [-0.25, -0.2) is 4.79 Å². The molecule has 0 unspecified atom stereocenters. The maximum Gasteiger partial charge on any atom is 0.340 e. The Hall–Kier alpha value is -1.27. The van der Waals surface area contributed by atoms with E-state index < -0.39 is 5.97 Å². The first-order valence-electron chi connectivity index (χ1n) is 6.50. The second-order valence-corrected chi connectivity index (χ2v) is 5.90. The van der Waals surface area contributed by atoms with Gasteiger partial charge in [0.2, 0.25) is 0 Å². The number of carbonyl (C=O) groups excluding carboxylic acids is 1. The lowest BCUT2D eigenvalue weighted by Gasteiger charge is -2.37. The Kier molecular flexibility index (Phi) is 4.55. The maximum atomic E-state index is 11.7. The third-order valence-electron chi connectivity index (χ3n) is 3.28. The highest BCUT2D eigenvalue weighted by Crippen LogP contribution is 2.33. The molecular formula is C14H19BrN2O3. The van der Waals surface area contributed by atoms with Crippen molar-refractivity contribution in [1.29, 1.82) is 0 Å². The fourth-order valence-corrected chi connectivity index (χ4v) is 3.09. The summed E-state index contributed by atoms with van der Waals surface area (Å²) in [6.07, 6.45) is 0.287. The summed E-state index contributed by atoms with van der Waals surface area (Å²) in [7, 11) is 1.35. The average molecular weight is 343 g/mol. The van der Waals surface area contributed by atoms with Gasteiger partial charge in [-0.2, -0.15) is 0 Å². The standard InChI is InChI=1S/C14H19BrN2O3/c1-8-6-17(7-9(2)20-8)13-4-10(14(18)19-3)12(16)5-11(13)15/h4-5,8-9H,6-7,16H2,1-3H3/t8-,9+. The van der Waals surface area contributed by atoms with Crippen LogP contribution in [0.3, 0.4) is 0 Å². The highest BCUT2D eigenvalue weighted by atomic mass is 79.9. The molecule has 5 nitrogen and oxygen atoms in total. The van der Waals surface area contributed by atoms with Crippen molar-refractivity contribution in [1.82, 2.24) is 0 Å². The number of halogens is 1. The highest BCUT2D eigenvalue weighted by molar-refractivity contribution is 9.10. The van der Waals surface area contributed by atoms with Crippen LogP contribution in [0.5, 0.6) is 0 Å². The van der Waals surface area contributed by atoms with Gasteiger partial charge >= 0.3 is 5.97 Å². The predicted molar refractivity (Wildman–Crippen MR) is 82.1 cm³/mol. The van der Waals surface area contributed by atoms with Crippen LogP contribution in [0.4, 0.5) is 11.4 Å². The van der Waals surface area contributed by atoms with Crippen LogP contribution >= 0.6 is 15.9 Å². The Morgan fingerprint density at radius 3 is 2.55 bits per heavy atom. The molecule has 6 heteroatoms. The van der Waals surface area contributed by atoms with Crippen molar-refractivity contribution in [3.8, 4) is 0 Å². The minimum Gasteiger partial charge on any atom is -0.465 e. The lowest BCUT2D eigenvalue weighted by molar-refractivity contribution is -0.00525. The fraction of sp³-hybridized carbons (Fsp3) is 0.500. The number of hydrogen-bond acceptors (Lipinski definition) is 5. The van der Waals surface area contributed by atoms with Gasteiger partial charge in [-0.1, -0.05) is 0 Å². The minimum absolute atomic E-state index is 0.143. The molecule has 1 aliphatic heterocycles. The topological polar surface area (TPSA) is 64.8 Å². The van der Waals surface area contributed by atoms with Crippen LogP contribution in [-0.4, -0.2) is 38.4 Å². The lowest BCUT2D eigenvalue weighted by atomic mass is 10.1. The number of rotatable bonds is 2. The monoisotopic (exact) mass is 342 g/mol. The van der Waals surface area contributed by atoms with Crippen molar-refractivity contribution >= 4 is 33.3 Å².